The summed E-state index contributed by atoms with van der Waals surface area (Å²) in [4.78, 5) is 26.2. The Bertz CT molecular complexity index is 625. The van der Waals surface area contributed by atoms with Crippen LogP contribution in [0.3, 0.4) is 0 Å². The number of nitrogens with zero attached hydrogens (tertiary/aromatic N) is 1. The van der Waals surface area contributed by atoms with Crippen molar-refractivity contribution in [1.29, 1.82) is 0 Å². The van der Waals surface area contributed by atoms with Gasteiger partial charge in [-0.3, -0.25) is 9.59 Å². The Morgan fingerprint density at radius 3 is 2.64 bits per heavy atom. The van der Waals surface area contributed by atoms with E-state index in [9.17, 15) is 22.8 Å². The van der Waals surface area contributed by atoms with E-state index in [-0.39, 0.29) is 43.9 Å². The highest BCUT2D eigenvalue weighted by Crippen LogP contribution is 2.18. The first kappa shape index (κ1) is 22.0. The van der Waals surface area contributed by atoms with Gasteiger partial charge in [0.2, 0.25) is 11.8 Å². The molecular formula is C19H25F3N2O4. The molecule has 0 radical (unpaired) electrons. The van der Waals surface area contributed by atoms with Gasteiger partial charge in [0.1, 0.15) is 12.4 Å². The van der Waals surface area contributed by atoms with E-state index in [4.69, 9.17) is 4.74 Å². The Kier molecular flexibility index (Phi) is 8.56. The summed E-state index contributed by atoms with van der Waals surface area (Å²) in [5, 5.41) is 2.57. The third-order valence-electron chi connectivity index (χ3n) is 4.28. The molecule has 1 atom stereocenters. The minimum absolute atomic E-state index is 0.00424. The van der Waals surface area contributed by atoms with Crippen LogP contribution in [0.25, 0.3) is 0 Å². The number of hydrogen-bond acceptors (Lipinski definition) is 4. The van der Waals surface area contributed by atoms with Crippen molar-refractivity contribution in [3.63, 3.8) is 0 Å². The second kappa shape index (κ2) is 10.9. The largest absolute Gasteiger partial charge is 0.493 e. The fraction of sp³-hybridized carbons (Fsp3) is 0.579. The maximum absolute atomic E-state index is 12.3. The Labute approximate surface area is 162 Å². The zero-order chi connectivity index (χ0) is 20.4. The molecule has 1 saturated heterocycles. The molecule has 156 valence electrons. The van der Waals surface area contributed by atoms with E-state index >= 15 is 0 Å². The summed E-state index contributed by atoms with van der Waals surface area (Å²) in [5.41, 5.74) is 0. The summed E-state index contributed by atoms with van der Waals surface area (Å²) in [7, 11) is 0. The fourth-order valence-electron chi connectivity index (χ4n) is 2.93. The first-order chi connectivity index (χ1) is 13.3. The summed E-state index contributed by atoms with van der Waals surface area (Å²) in [6, 6.07) is 9.19. The lowest BCUT2D eigenvalue weighted by Gasteiger charge is -2.32. The van der Waals surface area contributed by atoms with E-state index in [0.717, 1.165) is 0 Å². The van der Waals surface area contributed by atoms with Gasteiger partial charge in [-0.25, -0.2) is 0 Å². The molecule has 2 amide bonds. The van der Waals surface area contributed by atoms with E-state index in [1.807, 2.05) is 30.3 Å². The van der Waals surface area contributed by atoms with Gasteiger partial charge in [-0.2, -0.15) is 13.2 Å². The number of likely N-dealkylation sites (tertiary alicyclic amines) is 1. The van der Waals surface area contributed by atoms with Gasteiger partial charge in [-0.15, -0.1) is 0 Å². The van der Waals surface area contributed by atoms with Crippen LogP contribution < -0.4 is 10.1 Å². The summed E-state index contributed by atoms with van der Waals surface area (Å²) in [6.07, 6.45) is -2.82. The van der Waals surface area contributed by atoms with Gasteiger partial charge >= 0.3 is 6.18 Å². The topological polar surface area (TPSA) is 67.9 Å². The van der Waals surface area contributed by atoms with Crippen LogP contribution in [-0.2, 0) is 14.3 Å². The number of alkyl halides is 3. The van der Waals surface area contributed by atoms with Gasteiger partial charge in [0, 0.05) is 19.6 Å². The normalized spacial score (nSPS) is 17.2. The number of halogens is 3. The van der Waals surface area contributed by atoms with E-state index in [2.05, 4.69) is 10.1 Å². The van der Waals surface area contributed by atoms with Crippen LogP contribution in [0.4, 0.5) is 13.2 Å². The first-order valence-corrected chi connectivity index (χ1v) is 9.23. The lowest BCUT2D eigenvalue weighted by molar-refractivity contribution is -0.173. The second-order valence-corrected chi connectivity index (χ2v) is 6.55. The van der Waals surface area contributed by atoms with Gasteiger partial charge in [0.15, 0.2) is 0 Å². The third-order valence-corrected chi connectivity index (χ3v) is 4.28. The van der Waals surface area contributed by atoms with Crippen molar-refractivity contribution in [1.82, 2.24) is 10.2 Å². The molecule has 0 bridgehead atoms. The number of carbonyl (C=O) groups is 2. The highest BCUT2D eigenvalue weighted by molar-refractivity contribution is 5.81. The lowest BCUT2D eigenvalue weighted by atomic mass is 9.97. The molecule has 1 aliphatic rings. The molecule has 0 spiro atoms. The number of carbonyl (C=O) groups excluding carboxylic acids is 2. The zero-order valence-corrected chi connectivity index (χ0v) is 15.5. The number of hydrogen-bond donors (Lipinski definition) is 1. The van der Waals surface area contributed by atoms with Crippen LogP contribution >= 0.6 is 0 Å². The second-order valence-electron chi connectivity index (χ2n) is 6.55. The fourth-order valence-corrected chi connectivity index (χ4v) is 2.93. The Balaban J connectivity index is 1.66. The Hall–Kier alpha value is -2.29. The summed E-state index contributed by atoms with van der Waals surface area (Å²) < 4.78 is 45.9. The van der Waals surface area contributed by atoms with Gasteiger partial charge in [-0.05, 0) is 25.0 Å². The smallest absolute Gasteiger partial charge is 0.411 e. The maximum Gasteiger partial charge on any atom is 0.411 e. The highest BCUT2D eigenvalue weighted by atomic mass is 19.4. The molecular weight excluding hydrogens is 377 g/mol. The molecule has 1 N–H and O–H groups in total. The molecule has 28 heavy (non-hydrogen) atoms. The molecule has 1 aliphatic heterocycles. The van der Waals surface area contributed by atoms with Gasteiger partial charge < -0.3 is 19.7 Å². The molecule has 1 heterocycles. The predicted octanol–water partition coefficient (Wildman–Crippen LogP) is 2.39. The Morgan fingerprint density at radius 1 is 1.18 bits per heavy atom. The van der Waals surface area contributed by atoms with Crippen LogP contribution in [0, 0.1) is 5.92 Å². The van der Waals surface area contributed by atoms with Crippen LogP contribution in [0.1, 0.15) is 19.3 Å². The average Bonchev–Trinajstić information content (AvgIpc) is 2.67. The van der Waals surface area contributed by atoms with Gasteiger partial charge in [0.05, 0.1) is 25.6 Å². The molecule has 1 aromatic rings. The van der Waals surface area contributed by atoms with E-state index in [1.165, 1.54) is 0 Å². The van der Waals surface area contributed by atoms with E-state index < -0.39 is 12.8 Å². The molecule has 0 aliphatic carbocycles. The minimum Gasteiger partial charge on any atom is -0.493 e. The molecule has 6 nitrogen and oxygen atoms in total. The van der Waals surface area contributed by atoms with Crippen molar-refractivity contribution >= 4 is 11.8 Å². The van der Waals surface area contributed by atoms with Crippen LogP contribution in [0.5, 0.6) is 5.75 Å². The number of nitrogens with one attached hydrogen (secondary N) is 1. The molecule has 2 rings (SSSR count). The number of rotatable bonds is 9. The Morgan fingerprint density at radius 2 is 1.93 bits per heavy atom. The maximum atomic E-state index is 12.3. The first-order valence-electron chi connectivity index (χ1n) is 9.23. The minimum atomic E-state index is -4.38. The van der Waals surface area contributed by atoms with E-state index in [1.54, 1.807) is 4.90 Å². The van der Waals surface area contributed by atoms with Crippen LogP contribution in [-0.4, -0.2) is 62.3 Å². The number of benzene rings is 1. The SMILES string of the molecule is O=C(NCCOCC(F)(F)F)C1CCCN(C(=O)CCOc2ccccc2)C1. The molecule has 1 fully saturated rings. The molecule has 9 heteroatoms. The average molecular weight is 402 g/mol. The van der Waals surface area contributed by atoms with Gasteiger partial charge in [0.25, 0.3) is 0 Å². The number of amides is 2. The molecule has 0 aromatic heterocycles. The molecule has 0 saturated carbocycles. The van der Waals surface area contributed by atoms with E-state index in [0.29, 0.717) is 31.7 Å². The number of ether oxygens (including phenoxy) is 2. The third kappa shape index (κ3) is 8.16. The van der Waals surface area contributed by atoms with Crippen molar-refractivity contribution in [2.45, 2.75) is 25.4 Å². The van der Waals surface area contributed by atoms with Gasteiger partial charge in [-0.1, -0.05) is 18.2 Å². The van der Waals surface area contributed by atoms with Crippen molar-refractivity contribution in [3.8, 4) is 5.75 Å². The van der Waals surface area contributed by atoms with Crippen LogP contribution in [0.15, 0.2) is 30.3 Å². The standard InChI is InChI=1S/C19H25F3N2O4/c20-19(21,22)14-27-12-9-23-18(26)15-5-4-10-24(13-15)17(25)8-11-28-16-6-2-1-3-7-16/h1-3,6-7,15H,4-5,8-14H2,(H,23,26). The summed E-state index contributed by atoms with van der Waals surface area (Å²) >= 11 is 0. The number of para-hydroxylation sites is 1. The molecule has 1 aromatic carbocycles. The lowest BCUT2D eigenvalue weighted by Crippen LogP contribution is -2.46. The van der Waals surface area contributed by atoms with Crippen LogP contribution in [0.2, 0.25) is 0 Å². The van der Waals surface area contributed by atoms with Crippen molar-refractivity contribution in [2.24, 2.45) is 5.92 Å². The molecule has 1 unspecified atom stereocenters. The monoisotopic (exact) mass is 402 g/mol. The quantitative estimate of drug-likeness (QED) is 0.644. The van der Waals surface area contributed by atoms with Crippen molar-refractivity contribution in [2.75, 3.05) is 39.5 Å². The van der Waals surface area contributed by atoms with Crippen molar-refractivity contribution in [3.05, 3.63) is 30.3 Å². The summed E-state index contributed by atoms with van der Waals surface area (Å²) in [6.45, 7) is -0.393. The highest BCUT2D eigenvalue weighted by Gasteiger charge is 2.29. The number of piperidine rings is 1. The predicted molar refractivity (Wildman–Crippen MR) is 95.7 cm³/mol. The van der Waals surface area contributed by atoms with Crippen molar-refractivity contribution < 1.29 is 32.2 Å². The summed E-state index contributed by atoms with van der Waals surface area (Å²) in [5.74, 6) is -0.0233. The zero-order valence-electron chi connectivity index (χ0n) is 15.5.